The highest BCUT2D eigenvalue weighted by Gasteiger charge is 2.28. The van der Waals surface area contributed by atoms with Crippen molar-refractivity contribution in [3.05, 3.63) is 70.8 Å². The van der Waals surface area contributed by atoms with Crippen molar-refractivity contribution in [1.29, 1.82) is 0 Å². The first-order valence-electron chi connectivity index (χ1n) is 9.68. The highest BCUT2D eigenvalue weighted by molar-refractivity contribution is 7.91. The van der Waals surface area contributed by atoms with E-state index in [9.17, 15) is 13.2 Å². The Morgan fingerprint density at radius 1 is 0.929 bits per heavy atom. The van der Waals surface area contributed by atoms with E-state index in [2.05, 4.69) is 5.32 Å². The standard InChI is InChI=1S/C23H31NO3S/c1-17(2)24-22(25)21-8-6-7-19(15-21)12-9-18-10-13-20(14-11-18)16-28(26,27)23(3,4)5/h6-8,10-11,13-15,17H,9,12,16H2,1-5H3,(H,24,25). The molecule has 4 nitrogen and oxygen atoms in total. The van der Waals surface area contributed by atoms with Gasteiger partial charge in [-0.25, -0.2) is 8.42 Å². The number of benzene rings is 2. The van der Waals surface area contributed by atoms with Gasteiger partial charge in [0, 0.05) is 11.6 Å². The highest BCUT2D eigenvalue weighted by Crippen LogP contribution is 2.21. The average Bonchev–Trinajstić information content (AvgIpc) is 2.59. The van der Waals surface area contributed by atoms with E-state index in [1.807, 2.05) is 62.4 Å². The predicted octanol–water partition coefficient (Wildman–Crippen LogP) is 4.32. The van der Waals surface area contributed by atoms with Crippen LogP contribution in [-0.4, -0.2) is 25.1 Å². The molecule has 0 unspecified atom stereocenters. The van der Waals surface area contributed by atoms with Gasteiger partial charge in [-0.05, 0) is 76.3 Å². The lowest BCUT2D eigenvalue weighted by atomic mass is 10.0. The first kappa shape index (κ1) is 22.2. The Balaban J connectivity index is 2.00. The summed E-state index contributed by atoms with van der Waals surface area (Å²) >= 11 is 0. The quantitative estimate of drug-likeness (QED) is 0.751. The number of sulfone groups is 1. The summed E-state index contributed by atoms with van der Waals surface area (Å²) in [5, 5.41) is 2.91. The van der Waals surface area contributed by atoms with Crippen LogP contribution in [0, 0.1) is 0 Å². The zero-order chi connectivity index (χ0) is 20.9. The maximum Gasteiger partial charge on any atom is 0.251 e. The summed E-state index contributed by atoms with van der Waals surface area (Å²) in [7, 11) is -3.18. The molecule has 0 bridgehead atoms. The maximum absolute atomic E-state index is 12.3. The van der Waals surface area contributed by atoms with E-state index in [1.165, 1.54) is 0 Å². The molecule has 0 saturated carbocycles. The van der Waals surface area contributed by atoms with Crippen LogP contribution in [0.4, 0.5) is 0 Å². The molecule has 0 spiro atoms. The molecule has 0 heterocycles. The zero-order valence-corrected chi connectivity index (χ0v) is 18.3. The second-order valence-corrected chi connectivity index (χ2v) is 11.3. The number of aryl methyl sites for hydroxylation is 2. The molecular weight excluding hydrogens is 370 g/mol. The Kier molecular flexibility index (Phi) is 7.05. The van der Waals surface area contributed by atoms with Gasteiger partial charge in [0.2, 0.25) is 0 Å². The monoisotopic (exact) mass is 401 g/mol. The summed E-state index contributed by atoms with van der Waals surface area (Å²) in [6.07, 6.45) is 1.66. The number of carbonyl (C=O) groups is 1. The minimum absolute atomic E-state index is 0.0544. The lowest BCUT2D eigenvalue weighted by Gasteiger charge is -2.19. The molecule has 0 aliphatic heterocycles. The molecule has 5 heteroatoms. The highest BCUT2D eigenvalue weighted by atomic mass is 32.2. The molecule has 0 fully saturated rings. The molecule has 28 heavy (non-hydrogen) atoms. The zero-order valence-electron chi connectivity index (χ0n) is 17.5. The molecule has 0 aliphatic carbocycles. The average molecular weight is 402 g/mol. The smallest absolute Gasteiger partial charge is 0.251 e. The molecule has 152 valence electrons. The normalized spacial score (nSPS) is 12.2. The number of amides is 1. The van der Waals surface area contributed by atoms with Crippen molar-refractivity contribution in [3.63, 3.8) is 0 Å². The summed E-state index contributed by atoms with van der Waals surface area (Å²) in [4.78, 5) is 12.1. The minimum atomic E-state index is -3.18. The third-order valence-electron chi connectivity index (χ3n) is 4.62. The van der Waals surface area contributed by atoms with Crippen LogP contribution in [0.5, 0.6) is 0 Å². The Morgan fingerprint density at radius 2 is 1.50 bits per heavy atom. The molecule has 0 saturated heterocycles. The van der Waals surface area contributed by atoms with Crippen LogP contribution in [0.15, 0.2) is 48.5 Å². The first-order valence-corrected chi connectivity index (χ1v) is 11.3. The molecule has 2 aromatic rings. The molecule has 1 amide bonds. The van der Waals surface area contributed by atoms with Gasteiger partial charge in [-0.15, -0.1) is 0 Å². The molecule has 0 radical (unpaired) electrons. The van der Waals surface area contributed by atoms with Gasteiger partial charge < -0.3 is 5.32 Å². The van der Waals surface area contributed by atoms with Crippen LogP contribution in [0.2, 0.25) is 0 Å². The van der Waals surface area contributed by atoms with Crippen molar-refractivity contribution in [3.8, 4) is 0 Å². The molecule has 0 aromatic heterocycles. The van der Waals surface area contributed by atoms with Gasteiger partial charge in [-0.3, -0.25) is 4.79 Å². The Hall–Kier alpha value is -2.14. The van der Waals surface area contributed by atoms with Crippen LogP contribution < -0.4 is 5.32 Å². The fourth-order valence-corrected chi connectivity index (χ4v) is 3.80. The van der Waals surface area contributed by atoms with Crippen molar-refractivity contribution >= 4 is 15.7 Å². The van der Waals surface area contributed by atoms with Crippen molar-refractivity contribution in [2.24, 2.45) is 0 Å². The summed E-state index contributed by atoms with van der Waals surface area (Å²) in [6, 6.07) is 15.6. The van der Waals surface area contributed by atoms with Gasteiger partial charge in [-0.2, -0.15) is 0 Å². The minimum Gasteiger partial charge on any atom is -0.350 e. The first-order chi connectivity index (χ1) is 13.0. The van der Waals surface area contributed by atoms with E-state index in [-0.39, 0.29) is 17.7 Å². The fraction of sp³-hybridized carbons (Fsp3) is 0.435. The molecule has 2 rings (SSSR count). The Labute approximate surface area is 169 Å². The molecule has 0 aliphatic rings. The van der Waals surface area contributed by atoms with Crippen molar-refractivity contribution in [2.75, 3.05) is 0 Å². The van der Waals surface area contributed by atoms with E-state index in [1.54, 1.807) is 20.8 Å². The summed E-state index contributed by atoms with van der Waals surface area (Å²) in [5.74, 6) is 0.00493. The van der Waals surface area contributed by atoms with E-state index in [0.29, 0.717) is 5.56 Å². The molecule has 0 atom stereocenters. The van der Waals surface area contributed by atoms with Gasteiger partial charge in [0.15, 0.2) is 9.84 Å². The van der Waals surface area contributed by atoms with Crippen molar-refractivity contribution in [1.82, 2.24) is 5.32 Å². The van der Waals surface area contributed by atoms with Crippen LogP contribution in [0.1, 0.15) is 61.7 Å². The summed E-state index contributed by atoms with van der Waals surface area (Å²) in [6.45, 7) is 9.07. The van der Waals surface area contributed by atoms with Gasteiger partial charge in [0.05, 0.1) is 10.5 Å². The number of rotatable bonds is 7. The van der Waals surface area contributed by atoms with E-state index >= 15 is 0 Å². The molecule has 1 N–H and O–H groups in total. The largest absolute Gasteiger partial charge is 0.350 e. The molecule has 2 aromatic carbocycles. The second kappa shape index (κ2) is 8.91. The van der Waals surface area contributed by atoms with Crippen molar-refractivity contribution in [2.45, 2.75) is 64.0 Å². The van der Waals surface area contributed by atoms with E-state index in [0.717, 1.165) is 29.5 Å². The summed E-state index contributed by atoms with van der Waals surface area (Å²) in [5.41, 5.74) is 3.74. The lowest BCUT2D eigenvalue weighted by Crippen LogP contribution is -2.30. The summed E-state index contributed by atoms with van der Waals surface area (Å²) < 4.78 is 23.9. The number of hydrogen-bond acceptors (Lipinski definition) is 3. The number of hydrogen-bond donors (Lipinski definition) is 1. The van der Waals surface area contributed by atoms with Crippen LogP contribution in [-0.2, 0) is 28.4 Å². The third kappa shape index (κ3) is 6.20. The molecular formula is C23H31NO3S. The predicted molar refractivity (Wildman–Crippen MR) is 115 cm³/mol. The number of nitrogens with one attached hydrogen (secondary N) is 1. The van der Waals surface area contributed by atoms with Crippen molar-refractivity contribution < 1.29 is 13.2 Å². The van der Waals surface area contributed by atoms with Crippen LogP contribution in [0.25, 0.3) is 0 Å². The lowest BCUT2D eigenvalue weighted by molar-refractivity contribution is 0.0943. The van der Waals surface area contributed by atoms with Gasteiger partial charge in [0.25, 0.3) is 5.91 Å². The van der Waals surface area contributed by atoms with E-state index in [4.69, 9.17) is 0 Å². The van der Waals surface area contributed by atoms with Gasteiger partial charge in [0.1, 0.15) is 0 Å². The van der Waals surface area contributed by atoms with Gasteiger partial charge in [-0.1, -0.05) is 36.4 Å². The third-order valence-corrected chi connectivity index (χ3v) is 7.20. The SMILES string of the molecule is CC(C)NC(=O)c1cccc(CCc2ccc(CS(=O)(=O)C(C)(C)C)cc2)c1. The van der Waals surface area contributed by atoms with E-state index < -0.39 is 14.6 Å². The topological polar surface area (TPSA) is 63.2 Å². The Morgan fingerprint density at radius 3 is 2.07 bits per heavy atom. The van der Waals surface area contributed by atoms with Gasteiger partial charge >= 0.3 is 0 Å². The second-order valence-electron chi connectivity index (χ2n) is 8.52. The Bertz CT molecular complexity index is 908. The van der Waals surface area contributed by atoms with Crippen LogP contribution in [0.3, 0.4) is 0 Å². The maximum atomic E-state index is 12.3. The van der Waals surface area contributed by atoms with Crippen LogP contribution >= 0.6 is 0 Å². The fourth-order valence-electron chi connectivity index (χ4n) is 2.74. The number of carbonyl (C=O) groups excluding carboxylic acids is 1.